The topological polar surface area (TPSA) is 190 Å². The molecule has 0 bridgehead atoms. The summed E-state index contributed by atoms with van der Waals surface area (Å²) in [6, 6.07) is 18.6. The summed E-state index contributed by atoms with van der Waals surface area (Å²) in [4.78, 5) is 78.2. The van der Waals surface area contributed by atoms with Crippen LogP contribution in [0.4, 0.5) is 9.59 Å². The van der Waals surface area contributed by atoms with Gasteiger partial charge in [0, 0.05) is 38.1 Å². The molecule has 4 atom stereocenters. The zero-order valence-electron chi connectivity index (χ0n) is 36.1. The molecule has 63 heavy (non-hydrogen) atoms. The molecule has 4 amide bonds. The molecule has 16 heteroatoms. The highest BCUT2D eigenvalue weighted by atomic mass is 16.5. The van der Waals surface area contributed by atoms with Crippen LogP contribution >= 0.6 is 0 Å². The number of aromatic amines is 2. The Balaban J connectivity index is 0.950. The Bertz CT molecular complexity index is 2610. The molecule has 326 valence electrons. The van der Waals surface area contributed by atoms with E-state index in [1.807, 2.05) is 49.0 Å². The molecule has 16 nitrogen and oxygen atoms in total. The first kappa shape index (κ1) is 42.5. The molecule has 0 aliphatic carbocycles. The minimum atomic E-state index is -1.02. The number of fused-ring (bicyclic) bond motifs is 1. The summed E-state index contributed by atoms with van der Waals surface area (Å²) < 4.78 is 9.62. The predicted molar refractivity (Wildman–Crippen MR) is 239 cm³/mol. The molecule has 0 radical (unpaired) electrons. The number of ether oxygens (including phenoxy) is 2. The van der Waals surface area contributed by atoms with Crippen LogP contribution in [0.1, 0.15) is 56.8 Å². The van der Waals surface area contributed by atoms with Crippen LogP contribution < -0.4 is 10.6 Å². The summed E-state index contributed by atoms with van der Waals surface area (Å²) in [5, 5.41) is 7.55. The number of likely N-dealkylation sites (tertiary alicyclic amines) is 2. The molecule has 2 fully saturated rings. The molecule has 2 aromatic heterocycles. The third-order valence-electron chi connectivity index (χ3n) is 12.0. The number of carbonyl (C=O) groups is 4. The number of aromatic nitrogens is 4. The quantitative estimate of drug-likeness (QED) is 0.104. The molecule has 0 saturated carbocycles. The second-order valence-electron chi connectivity index (χ2n) is 16.6. The molecular formula is C47H52N10O6. The first-order chi connectivity index (χ1) is 30.4. The van der Waals surface area contributed by atoms with Gasteiger partial charge >= 0.3 is 12.2 Å². The van der Waals surface area contributed by atoms with Crippen molar-refractivity contribution in [3.8, 4) is 33.6 Å². The number of hydrogen-bond donors (Lipinski definition) is 4. The van der Waals surface area contributed by atoms with Gasteiger partial charge in [-0.3, -0.25) is 14.6 Å². The minimum Gasteiger partial charge on any atom is -0.453 e. The fourth-order valence-electron chi connectivity index (χ4n) is 8.60. The van der Waals surface area contributed by atoms with Gasteiger partial charge in [-0.1, -0.05) is 74.5 Å². The van der Waals surface area contributed by atoms with Crippen molar-refractivity contribution in [2.24, 2.45) is 10.9 Å². The Hall–Kier alpha value is -7.23. The first-order valence-corrected chi connectivity index (χ1v) is 21.1. The molecule has 8 rings (SSSR count). The van der Waals surface area contributed by atoms with E-state index in [0.717, 1.165) is 68.7 Å². The molecule has 4 N–H and O–H groups in total. The first-order valence-electron chi connectivity index (χ1n) is 21.1. The molecule has 0 spiro atoms. The van der Waals surface area contributed by atoms with Gasteiger partial charge in [-0.15, -0.1) is 0 Å². The van der Waals surface area contributed by atoms with E-state index in [1.54, 1.807) is 23.5 Å². The average molecular weight is 853 g/mol. The van der Waals surface area contributed by atoms with Crippen molar-refractivity contribution in [3.63, 3.8) is 0 Å². The second kappa shape index (κ2) is 18.0. The molecular weight excluding hydrogens is 801 g/mol. The van der Waals surface area contributed by atoms with Crippen LogP contribution in [0.3, 0.4) is 0 Å². The zero-order chi connectivity index (χ0) is 44.4. The van der Waals surface area contributed by atoms with Crippen LogP contribution in [0, 0.1) is 5.92 Å². The van der Waals surface area contributed by atoms with Gasteiger partial charge in [-0.05, 0) is 64.8 Å². The highest BCUT2D eigenvalue weighted by molar-refractivity contribution is 6.11. The van der Waals surface area contributed by atoms with Crippen LogP contribution in [0.5, 0.6) is 0 Å². The maximum absolute atomic E-state index is 14.1. The minimum absolute atomic E-state index is 0.112. The highest BCUT2D eigenvalue weighted by Crippen LogP contribution is 2.36. The number of aliphatic imine (C=N–C) groups is 1. The smallest absolute Gasteiger partial charge is 0.407 e. The Morgan fingerprint density at radius 1 is 0.762 bits per heavy atom. The maximum Gasteiger partial charge on any atom is 0.407 e. The third kappa shape index (κ3) is 8.92. The number of amides is 4. The average Bonchev–Trinajstić information content (AvgIpc) is 4.14. The van der Waals surface area contributed by atoms with Crippen molar-refractivity contribution < 1.29 is 28.7 Å². The van der Waals surface area contributed by atoms with Gasteiger partial charge < -0.3 is 44.8 Å². The summed E-state index contributed by atoms with van der Waals surface area (Å²) >= 11 is 0. The van der Waals surface area contributed by atoms with Gasteiger partial charge in [0.25, 0.3) is 5.91 Å². The van der Waals surface area contributed by atoms with Gasteiger partial charge in [0.1, 0.15) is 17.7 Å². The molecule has 5 heterocycles. The van der Waals surface area contributed by atoms with Gasteiger partial charge in [0.2, 0.25) is 5.91 Å². The third-order valence-corrected chi connectivity index (χ3v) is 12.0. The van der Waals surface area contributed by atoms with Crippen LogP contribution in [0.25, 0.3) is 44.4 Å². The number of H-pyrrole nitrogens is 2. The number of nitrogens with one attached hydrogen (secondary N) is 4. The van der Waals surface area contributed by atoms with E-state index < -0.39 is 30.3 Å². The van der Waals surface area contributed by atoms with E-state index in [2.05, 4.69) is 80.7 Å². The van der Waals surface area contributed by atoms with Crippen molar-refractivity contribution in [3.05, 3.63) is 109 Å². The number of hydrogen-bond acceptors (Lipinski definition) is 10. The van der Waals surface area contributed by atoms with E-state index in [0.29, 0.717) is 37.6 Å². The van der Waals surface area contributed by atoms with Gasteiger partial charge in [-0.2, -0.15) is 0 Å². The summed E-state index contributed by atoms with van der Waals surface area (Å²) in [6.45, 7) is 9.26. The number of rotatable bonds is 11. The zero-order valence-corrected chi connectivity index (χ0v) is 36.1. The number of benzene rings is 3. The molecule has 3 aromatic carbocycles. The number of imidazole rings is 2. The molecule has 5 aromatic rings. The van der Waals surface area contributed by atoms with E-state index in [-0.39, 0.29) is 23.8 Å². The molecule has 3 aliphatic rings. The van der Waals surface area contributed by atoms with Crippen molar-refractivity contribution in [2.75, 3.05) is 40.9 Å². The Labute approximate surface area is 365 Å². The number of alkyl carbamates (subject to hydrolysis) is 2. The van der Waals surface area contributed by atoms with Crippen LogP contribution in [-0.2, 0) is 19.1 Å². The van der Waals surface area contributed by atoms with Crippen molar-refractivity contribution in [1.29, 1.82) is 0 Å². The van der Waals surface area contributed by atoms with Crippen molar-refractivity contribution in [1.82, 2.24) is 45.3 Å². The van der Waals surface area contributed by atoms with E-state index in [1.165, 1.54) is 14.2 Å². The molecule has 2 saturated heterocycles. The van der Waals surface area contributed by atoms with Crippen LogP contribution in [0.2, 0.25) is 0 Å². The SMILES string of the molecule is C=C1C[C@@H](c2ncc(-c3ccc(-c4ccc5cc(-c6cnc([C@@H]7CCCN7C(=O)[C@@H](NC(=O)OC)C(C)C)[nH]6)ccc5c4)cc3)[nH]2)N(C(=O)C(NC(=O)OC)C2=NC=CN(C)C2)C1. The van der Waals surface area contributed by atoms with Gasteiger partial charge in [-0.25, -0.2) is 19.6 Å². The number of carbonyl (C=O) groups excluding carboxylic acids is 4. The normalized spacial score (nSPS) is 18.4. The second-order valence-corrected chi connectivity index (χ2v) is 16.6. The largest absolute Gasteiger partial charge is 0.453 e. The Morgan fingerprint density at radius 3 is 2.03 bits per heavy atom. The van der Waals surface area contributed by atoms with E-state index in [9.17, 15) is 19.2 Å². The summed E-state index contributed by atoms with van der Waals surface area (Å²) in [7, 11) is 4.42. The molecule has 1 unspecified atom stereocenters. The molecule has 3 aliphatic heterocycles. The Kier molecular flexibility index (Phi) is 12.1. The maximum atomic E-state index is 14.1. The predicted octanol–water partition coefficient (Wildman–Crippen LogP) is 6.74. The lowest BCUT2D eigenvalue weighted by Gasteiger charge is -2.30. The summed E-state index contributed by atoms with van der Waals surface area (Å²) in [5.74, 6) is 0.775. The number of methoxy groups -OCH3 is 2. The highest BCUT2D eigenvalue weighted by Gasteiger charge is 2.41. The van der Waals surface area contributed by atoms with Gasteiger partial charge in [0.15, 0.2) is 6.04 Å². The fraction of sp³-hybridized carbons (Fsp3) is 0.340. The lowest BCUT2D eigenvalue weighted by Crippen LogP contribution is -2.54. The van der Waals surface area contributed by atoms with Crippen molar-refractivity contribution in [2.45, 2.75) is 57.3 Å². The van der Waals surface area contributed by atoms with Crippen molar-refractivity contribution >= 4 is 40.5 Å². The Morgan fingerprint density at radius 2 is 1.37 bits per heavy atom. The van der Waals surface area contributed by atoms with Gasteiger partial charge in [0.05, 0.1) is 62.3 Å². The van der Waals surface area contributed by atoms with Crippen LogP contribution in [-0.4, -0.2) is 117 Å². The van der Waals surface area contributed by atoms with Crippen LogP contribution in [0.15, 0.2) is 103 Å². The summed E-state index contributed by atoms with van der Waals surface area (Å²) in [5.41, 5.74) is 7.10. The fourth-order valence-corrected chi connectivity index (χ4v) is 8.60. The number of nitrogens with zero attached hydrogens (tertiary/aromatic N) is 6. The van der Waals surface area contributed by atoms with E-state index in [4.69, 9.17) is 19.4 Å². The standard InChI is InChI=1S/C47H52N10O6/c1-27(2)40(53-46(60)62-5)44(58)56-18-7-8-38(56)42-49-24-36(52-42)34-16-15-32-21-31(13-14-33(32)22-34)29-9-11-30(12-10-29)35-23-50-43(51-35)39-20-28(3)25-57(39)45(59)41(54-47(61)63-6)37-26-55(4)19-17-48-37/h9-17,19,21-24,27,38-41H,3,7-8,18,20,25-26H2,1-2,4-6H3,(H,49,52)(H,50,51)(H,53,60)(H,54,61)/t38-,39-,40-,41?/m0/s1. The van der Waals surface area contributed by atoms with E-state index >= 15 is 0 Å². The lowest BCUT2D eigenvalue weighted by molar-refractivity contribution is -0.135. The summed E-state index contributed by atoms with van der Waals surface area (Å²) in [6.07, 6.45) is 7.79. The monoisotopic (exact) mass is 852 g/mol. The lowest BCUT2D eigenvalue weighted by atomic mass is 9.98.